The number of phenolic OH excluding ortho intramolecular Hbond substituents is 1. The summed E-state index contributed by atoms with van der Waals surface area (Å²) in [5, 5.41) is 9.33. The number of hydrogen-bond donors (Lipinski definition) is 2. The monoisotopic (exact) mass is 312 g/mol. The summed E-state index contributed by atoms with van der Waals surface area (Å²) in [5.74, 6) is 1.15. The molecule has 0 aliphatic carbocycles. The molecule has 116 valence electrons. The van der Waals surface area contributed by atoms with Crippen LogP contribution in [-0.2, 0) is 0 Å². The summed E-state index contributed by atoms with van der Waals surface area (Å²) in [6, 6.07) is 23.4. The summed E-state index contributed by atoms with van der Waals surface area (Å²) < 4.78 is 0. The molecule has 0 unspecified atom stereocenters. The van der Waals surface area contributed by atoms with Gasteiger partial charge in [-0.05, 0) is 41.5 Å². The second-order valence-corrected chi connectivity index (χ2v) is 5.65. The van der Waals surface area contributed by atoms with Crippen molar-refractivity contribution in [3.8, 4) is 17.1 Å². The molecule has 0 saturated carbocycles. The number of benzene rings is 3. The van der Waals surface area contributed by atoms with Crippen LogP contribution in [0.1, 0.15) is 11.1 Å². The number of nitrogens with zero attached hydrogens (tertiary/aromatic N) is 1. The lowest BCUT2D eigenvalue weighted by atomic mass is 10.1. The Labute approximate surface area is 139 Å². The van der Waals surface area contributed by atoms with Gasteiger partial charge in [0, 0.05) is 5.56 Å². The van der Waals surface area contributed by atoms with Crippen LogP contribution < -0.4 is 0 Å². The Balaban J connectivity index is 1.64. The van der Waals surface area contributed by atoms with E-state index < -0.39 is 0 Å². The molecule has 3 nitrogen and oxygen atoms in total. The Morgan fingerprint density at radius 3 is 2.42 bits per heavy atom. The third kappa shape index (κ3) is 2.92. The van der Waals surface area contributed by atoms with E-state index in [1.807, 2.05) is 48.5 Å². The normalized spacial score (nSPS) is 11.3. The summed E-state index contributed by atoms with van der Waals surface area (Å²) in [7, 11) is 0. The largest absolute Gasteiger partial charge is 0.508 e. The van der Waals surface area contributed by atoms with Gasteiger partial charge < -0.3 is 10.1 Å². The van der Waals surface area contributed by atoms with Crippen LogP contribution in [0.2, 0.25) is 0 Å². The predicted molar refractivity (Wildman–Crippen MR) is 98.6 cm³/mol. The Morgan fingerprint density at radius 2 is 1.58 bits per heavy atom. The molecular weight excluding hydrogens is 296 g/mol. The molecule has 0 atom stereocenters. The highest BCUT2D eigenvalue weighted by Gasteiger charge is 2.04. The maximum atomic E-state index is 9.33. The lowest BCUT2D eigenvalue weighted by Gasteiger charge is -1.99. The standard InChI is InChI=1S/C21H16N2O/c24-18-12-10-15(11-13-18)8-9-16-4-3-5-17(14-16)21-22-19-6-1-2-7-20(19)23-21/h1-14,24H,(H,22,23). The molecule has 4 rings (SSSR count). The molecular formula is C21H16N2O. The molecule has 0 saturated heterocycles. The SMILES string of the molecule is Oc1ccc(C=Cc2cccc(-c3nc4ccccc4[nH]3)c2)cc1. The zero-order chi connectivity index (χ0) is 16.4. The molecule has 1 heterocycles. The van der Waals surface area contributed by atoms with Gasteiger partial charge in [-0.15, -0.1) is 0 Å². The van der Waals surface area contributed by atoms with Gasteiger partial charge >= 0.3 is 0 Å². The van der Waals surface area contributed by atoms with Gasteiger partial charge in [-0.25, -0.2) is 4.98 Å². The number of aromatic amines is 1. The highest BCUT2D eigenvalue weighted by atomic mass is 16.3. The van der Waals surface area contributed by atoms with E-state index in [-0.39, 0.29) is 5.75 Å². The highest BCUT2D eigenvalue weighted by molar-refractivity contribution is 5.80. The van der Waals surface area contributed by atoms with E-state index in [9.17, 15) is 5.11 Å². The molecule has 0 aliphatic rings. The fourth-order valence-corrected chi connectivity index (χ4v) is 2.66. The molecule has 0 fully saturated rings. The summed E-state index contributed by atoms with van der Waals surface area (Å²) in [4.78, 5) is 8.00. The van der Waals surface area contributed by atoms with Gasteiger partial charge in [0.1, 0.15) is 11.6 Å². The summed E-state index contributed by atoms with van der Waals surface area (Å²) in [5.41, 5.74) is 5.21. The second kappa shape index (κ2) is 6.05. The Kier molecular flexibility index (Phi) is 3.60. The Morgan fingerprint density at radius 1 is 0.792 bits per heavy atom. The third-order valence-electron chi connectivity index (χ3n) is 3.91. The van der Waals surface area contributed by atoms with E-state index >= 15 is 0 Å². The molecule has 3 aromatic carbocycles. The first-order valence-corrected chi connectivity index (χ1v) is 7.80. The minimum absolute atomic E-state index is 0.277. The van der Waals surface area contributed by atoms with Gasteiger partial charge in [0.15, 0.2) is 0 Å². The van der Waals surface area contributed by atoms with E-state index in [1.54, 1.807) is 12.1 Å². The molecule has 1 aromatic heterocycles. The number of H-pyrrole nitrogens is 1. The Hall–Kier alpha value is -3.33. The topological polar surface area (TPSA) is 48.9 Å². The molecule has 0 spiro atoms. The van der Waals surface area contributed by atoms with Crippen molar-refractivity contribution in [3.05, 3.63) is 83.9 Å². The highest BCUT2D eigenvalue weighted by Crippen LogP contribution is 2.22. The number of imidazole rings is 1. The van der Waals surface area contributed by atoms with Gasteiger partial charge in [-0.3, -0.25) is 0 Å². The average molecular weight is 312 g/mol. The number of nitrogens with one attached hydrogen (secondary N) is 1. The van der Waals surface area contributed by atoms with E-state index in [0.29, 0.717) is 0 Å². The zero-order valence-electron chi connectivity index (χ0n) is 13.0. The molecule has 4 aromatic rings. The smallest absolute Gasteiger partial charge is 0.138 e. The first-order chi connectivity index (χ1) is 11.8. The van der Waals surface area contributed by atoms with Crippen molar-refractivity contribution in [1.29, 1.82) is 0 Å². The summed E-state index contributed by atoms with van der Waals surface area (Å²) in [6.07, 6.45) is 4.08. The van der Waals surface area contributed by atoms with Crippen molar-refractivity contribution in [2.24, 2.45) is 0 Å². The third-order valence-corrected chi connectivity index (χ3v) is 3.91. The number of hydrogen-bond acceptors (Lipinski definition) is 2. The molecule has 3 heteroatoms. The van der Waals surface area contributed by atoms with E-state index in [0.717, 1.165) is 33.5 Å². The minimum Gasteiger partial charge on any atom is -0.508 e. The van der Waals surface area contributed by atoms with Crippen LogP contribution in [0, 0.1) is 0 Å². The number of para-hydroxylation sites is 2. The van der Waals surface area contributed by atoms with Crippen LogP contribution in [-0.4, -0.2) is 15.1 Å². The molecule has 0 amide bonds. The van der Waals surface area contributed by atoms with Gasteiger partial charge in [0.25, 0.3) is 0 Å². The quantitative estimate of drug-likeness (QED) is 0.517. The second-order valence-electron chi connectivity index (χ2n) is 5.65. The Bertz CT molecular complexity index is 980. The first-order valence-electron chi connectivity index (χ1n) is 7.80. The van der Waals surface area contributed by atoms with Crippen LogP contribution in [0.5, 0.6) is 5.75 Å². The van der Waals surface area contributed by atoms with Gasteiger partial charge in [0.2, 0.25) is 0 Å². The van der Waals surface area contributed by atoms with Crippen molar-refractivity contribution < 1.29 is 5.11 Å². The molecule has 0 radical (unpaired) electrons. The van der Waals surface area contributed by atoms with Gasteiger partial charge in [-0.2, -0.15) is 0 Å². The summed E-state index contributed by atoms with van der Waals surface area (Å²) >= 11 is 0. The maximum absolute atomic E-state index is 9.33. The number of phenols is 1. The van der Waals surface area contributed by atoms with Crippen molar-refractivity contribution in [2.75, 3.05) is 0 Å². The van der Waals surface area contributed by atoms with Gasteiger partial charge in [-0.1, -0.05) is 54.6 Å². The van der Waals surface area contributed by atoms with Crippen LogP contribution in [0.3, 0.4) is 0 Å². The maximum Gasteiger partial charge on any atom is 0.138 e. The van der Waals surface area contributed by atoms with E-state index in [2.05, 4.69) is 34.2 Å². The van der Waals surface area contributed by atoms with Crippen LogP contribution in [0.4, 0.5) is 0 Å². The van der Waals surface area contributed by atoms with Crippen molar-refractivity contribution >= 4 is 23.2 Å². The minimum atomic E-state index is 0.277. The molecule has 2 N–H and O–H groups in total. The number of aromatic hydroxyl groups is 1. The van der Waals surface area contributed by atoms with Crippen LogP contribution >= 0.6 is 0 Å². The number of rotatable bonds is 3. The van der Waals surface area contributed by atoms with Crippen molar-refractivity contribution in [2.45, 2.75) is 0 Å². The predicted octanol–water partition coefficient (Wildman–Crippen LogP) is 5.11. The lowest BCUT2D eigenvalue weighted by molar-refractivity contribution is 0.475. The first kappa shape index (κ1) is 14.3. The van der Waals surface area contributed by atoms with Crippen LogP contribution in [0.15, 0.2) is 72.8 Å². The van der Waals surface area contributed by atoms with Crippen molar-refractivity contribution in [1.82, 2.24) is 9.97 Å². The van der Waals surface area contributed by atoms with E-state index in [1.165, 1.54) is 0 Å². The fourth-order valence-electron chi connectivity index (χ4n) is 2.66. The zero-order valence-corrected chi connectivity index (χ0v) is 13.0. The van der Waals surface area contributed by atoms with Gasteiger partial charge in [0.05, 0.1) is 11.0 Å². The lowest BCUT2D eigenvalue weighted by Crippen LogP contribution is -1.81. The molecule has 24 heavy (non-hydrogen) atoms. The van der Waals surface area contributed by atoms with E-state index in [4.69, 9.17) is 0 Å². The average Bonchev–Trinajstić information content (AvgIpc) is 3.06. The molecule has 0 bridgehead atoms. The van der Waals surface area contributed by atoms with Crippen molar-refractivity contribution in [3.63, 3.8) is 0 Å². The summed E-state index contributed by atoms with van der Waals surface area (Å²) in [6.45, 7) is 0. The number of fused-ring (bicyclic) bond motifs is 1. The number of aromatic nitrogens is 2. The fraction of sp³-hybridized carbons (Fsp3) is 0. The van der Waals surface area contributed by atoms with Crippen LogP contribution in [0.25, 0.3) is 34.6 Å². The molecule has 0 aliphatic heterocycles.